The quantitative estimate of drug-likeness (QED) is 0.0534. The van der Waals surface area contributed by atoms with Crippen molar-refractivity contribution in [3.05, 3.63) is 0 Å². The molecule has 0 saturated heterocycles. The Morgan fingerprint density at radius 2 is 0.732 bits per heavy atom. The largest absolute Gasteiger partial charge is 0.334 e. The van der Waals surface area contributed by atoms with Gasteiger partial charge in [-0.25, -0.2) is 0 Å². The molecule has 0 radical (unpaired) electrons. The summed E-state index contributed by atoms with van der Waals surface area (Å²) in [5.74, 6) is 0. The molecule has 0 spiro atoms. The van der Waals surface area contributed by atoms with Gasteiger partial charge in [-0.3, -0.25) is 9.13 Å². The summed E-state index contributed by atoms with van der Waals surface area (Å²) in [4.78, 5) is 0. The standard InChI is InChI=1S/C33H70O6P2/c1-6-8-10-12-14-16-18-20-22-24-26-28-30-38-41(35,33(3)32-40(34,36-4)37-5)39-31-29-27-25-23-21-19-17-15-13-11-9-7-2/h33H,6-32H2,1-5H3. The maximum atomic E-state index is 13.7. The number of hydrogen-bond acceptors (Lipinski definition) is 6. The Morgan fingerprint density at radius 1 is 0.463 bits per heavy atom. The van der Waals surface area contributed by atoms with Crippen molar-refractivity contribution in [2.45, 2.75) is 181 Å². The number of unbranched alkanes of at least 4 members (excludes halogenated alkanes) is 22. The van der Waals surface area contributed by atoms with Crippen molar-refractivity contribution in [3.63, 3.8) is 0 Å². The van der Waals surface area contributed by atoms with E-state index in [4.69, 9.17) is 18.1 Å². The molecule has 0 saturated carbocycles. The van der Waals surface area contributed by atoms with Crippen LogP contribution in [0.15, 0.2) is 0 Å². The fraction of sp³-hybridized carbons (Fsp3) is 1.00. The van der Waals surface area contributed by atoms with Gasteiger partial charge in [-0.15, -0.1) is 0 Å². The van der Waals surface area contributed by atoms with Gasteiger partial charge in [-0.05, 0) is 12.8 Å². The molecule has 1 atom stereocenters. The molecule has 0 bridgehead atoms. The summed E-state index contributed by atoms with van der Waals surface area (Å²) in [6.07, 6.45) is 30.4. The molecule has 41 heavy (non-hydrogen) atoms. The second-order valence-electron chi connectivity index (χ2n) is 12.0. The monoisotopic (exact) mass is 624 g/mol. The smallest absolute Gasteiger partial charge is 0.312 e. The molecule has 0 aliphatic rings. The summed E-state index contributed by atoms with van der Waals surface area (Å²) in [6.45, 7) is 7.11. The van der Waals surface area contributed by atoms with E-state index in [2.05, 4.69) is 13.8 Å². The predicted octanol–water partition coefficient (Wildman–Crippen LogP) is 12.5. The van der Waals surface area contributed by atoms with Crippen LogP contribution in [0.1, 0.15) is 175 Å². The molecule has 0 aromatic rings. The maximum absolute atomic E-state index is 13.7. The molecule has 0 aliphatic heterocycles. The van der Waals surface area contributed by atoms with Crippen molar-refractivity contribution in [2.75, 3.05) is 33.6 Å². The minimum Gasteiger partial charge on any atom is -0.312 e. The highest BCUT2D eigenvalue weighted by Gasteiger charge is 2.38. The first-order chi connectivity index (χ1) is 19.9. The lowest BCUT2D eigenvalue weighted by atomic mass is 10.1. The van der Waals surface area contributed by atoms with Crippen LogP contribution < -0.4 is 0 Å². The first-order valence-corrected chi connectivity index (χ1v) is 20.8. The molecule has 0 N–H and O–H groups in total. The van der Waals surface area contributed by atoms with E-state index in [1.54, 1.807) is 6.92 Å². The maximum Gasteiger partial charge on any atom is 0.334 e. The molecule has 1 unspecified atom stereocenters. The van der Waals surface area contributed by atoms with E-state index in [1.165, 1.54) is 143 Å². The lowest BCUT2D eigenvalue weighted by molar-refractivity contribution is 0.191. The van der Waals surface area contributed by atoms with E-state index in [-0.39, 0.29) is 6.16 Å². The summed E-state index contributed by atoms with van der Waals surface area (Å²) in [7, 11) is -4.01. The number of hydrogen-bond donors (Lipinski definition) is 0. The van der Waals surface area contributed by atoms with E-state index in [0.717, 1.165) is 25.7 Å². The van der Waals surface area contributed by atoms with Crippen LogP contribution in [0.4, 0.5) is 0 Å². The normalized spacial score (nSPS) is 13.2. The molecular formula is C33H70O6P2. The Bertz CT molecular complexity index is 603. The minimum atomic E-state index is -3.43. The Kier molecular flexibility index (Phi) is 29.2. The van der Waals surface area contributed by atoms with Crippen molar-refractivity contribution in [3.8, 4) is 0 Å². The average molecular weight is 625 g/mol. The van der Waals surface area contributed by atoms with Crippen molar-refractivity contribution >= 4 is 15.2 Å². The Morgan fingerprint density at radius 3 is 1.00 bits per heavy atom. The van der Waals surface area contributed by atoms with E-state index in [0.29, 0.717) is 13.2 Å². The summed E-state index contributed by atoms with van der Waals surface area (Å²) in [5.41, 5.74) is -0.553. The van der Waals surface area contributed by atoms with Crippen LogP contribution in [0, 0.1) is 0 Å². The fourth-order valence-electron chi connectivity index (χ4n) is 5.21. The summed E-state index contributed by atoms with van der Waals surface area (Å²) in [6, 6.07) is 0. The Labute approximate surface area is 256 Å². The molecule has 6 nitrogen and oxygen atoms in total. The van der Waals surface area contributed by atoms with Gasteiger partial charge in [-0.1, -0.05) is 162 Å². The van der Waals surface area contributed by atoms with Gasteiger partial charge in [-0.2, -0.15) is 0 Å². The predicted molar refractivity (Wildman–Crippen MR) is 178 cm³/mol. The van der Waals surface area contributed by atoms with Gasteiger partial charge in [0.05, 0.1) is 25.0 Å². The average Bonchev–Trinajstić information content (AvgIpc) is 2.97. The van der Waals surface area contributed by atoms with E-state index < -0.39 is 20.9 Å². The van der Waals surface area contributed by atoms with Gasteiger partial charge in [0.15, 0.2) is 0 Å². The molecule has 0 aromatic heterocycles. The summed E-state index contributed by atoms with van der Waals surface area (Å²) in [5, 5.41) is 0. The van der Waals surface area contributed by atoms with Crippen LogP contribution in [-0.4, -0.2) is 39.3 Å². The zero-order chi connectivity index (χ0) is 30.5. The van der Waals surface area contributed by atoms with Crippen LogP contribution in [0.25, 0.3) is 0 Å². The van der Waals surface area contributed by atoms with Crippen molar-refractivity contribution in [1.29, 1.82) is 0 Å². The molecule has 0 heterocycles. The lowest BCUT2D eigenvalue weighted by Crippen LogP contribution is -2.16. The summed E-state index contributed by atoms with van der Waals surface area (Å²) >= 11 is 0. The van der Waals surface area contributed by atoms with Gasteiger partial charge in [0.25, 0.3) is 0 Å². The second-order valence-corrected chi connectivity index (χ2v) is 16.8. The molecule has 0 aliphatic carbocycles. The van der Waals surface area contributed by atoms with Crippen LogP contribution in [0.5, 0.6) is 0 Å². The fourth-order valence-corrected chi connectivity index (χ4v) is 9.05. The Hall–Kier alpha value is 0.300. The molecule has 8 heteroatoms. The van der Waals surface area contributed by atoms with Crippen molar-refractivity contribution < 1.29 is 27.2 Å². The second kappa shape index (κ2) is 29.0. The van der Waals surface area contributed by atoms with E-state index in [1.807, 2.05) is 0 Å². The van der Waals surface area contributed by atoms with Gasteiger partial charge >= 0.3 is 15.2 Å². The van der Waals surface area contributed by atoms with Crippen LogP contribution >= 0.6 is 15.2 Å². The molecule has 0 amide bonds. The van der Waals surface area contributed by atoms with Crippen molar-refractivity contribution in [1.82, 2.24) is 0 Å². The zero-order valence-corrected chi connectivity index (χ0v) is 29.8. The minimum absolute atomic E-state index is 0.0220. The van der Waals surface area contributed by atoms with Crippen LogP contribution in [-0.2, 0) is 27.2 Å². The highest BCUT2D eigenvalue weighted by atomic mass is 31.2. The van der Waals surface area contributed by atoms with Crippen LogP contribution in [0.2, 0.25) is 0 Å². The van der Waals surface area contributed by atoms with Gasteiger partial charge < -0.3 is 18.1 Å². The lowest BCUT2D eigenvalue weighted by Gasteiger charge is -2.26. The van der Waals surface area contributed by atoms with Gasteiger partial charge in [0.2, 0.25) is 0 Å². The highest BCUT2D eigenvalue weighted by Crippen LogP contribution is 2.59. The molecule has 0 fully saturated rings. The SMILES string of the molecule is CCCCCCCCCCCCCCOP(=O)(OCCCCCCCCCCCCCC)C(C)CP(=O)(OC)OC. The topological polar surface area (TPSA) is 71.1 Å². The van der Waals surface area contributed by atoms with Gasteiger partial charge in [0.1, 0.15) is 0 Å². The Balaban J connectivity index is 4.24. The third-order valence-electron chi connectivity index (χ3n) is 8.12. The van der Waals surface area contributed by atoms with E-state index in [9.17, 15) is 9.13 Å². The third-order valence-corrected chi connectivity index (χ3v) is 12.9. The molecule has 0 rings (SSSR count). The molecule has 0 aromatic carbocycles. The van der Waals surface area contributed by atoms with Gasteiger partial charge in [0, 0.05) is 14.2 Å². The third kappa shape index (κ3) is 24.3. The van der Waals surface area contributed by atoms with Crippen LogP contribution in [0.3, 0.4) is 0 Å². The molecular weight excluding hydrogens is 554 g/mol. The zero-order valence-electron chi connectivity index (χ0n) is 28.0. The van der Waals surface area contributed by atoms with Crippen molar-refractivity contribution in [2.24, 2.45) is 0 Å². The summed E-state index contributed by atoms with van der Waals surface area (Å²) < 4.78 is 48.5. The highest BCUT2D eigenvalue weighted by molar-refractivity contribution is 7.58. The molecule has 248 valence electrons. The number of rotatable bonds is 33. The first kappa shape index (κ1) is 41.3. The van der Waals surface area contributed by atoms with E-state index >= 15 is 0 Å². The first-order valence-electron chi connectivity index (χ1n) is 17.5.